The van der Waals surface area contributed by atoms with Gasteiger partial charge in [-0.2, -0.15) is 0 Å². The summed E-state index contributed by atoms with van der Waals surface area (Å²) in [4.78, 5) is 45.3. The number of nitrogens with two attached hydrogens (primary N) is 1. The van der Waals surface area contributed by atoms with Gasteiger partial charge in [0.1, 0.15) is 11.5 Å². The molecule has 0 aromatic heterocycles. The Morgan fingerprint density at radius 1 is 1.11 bits per heavy atom. The normalized spacial score (nSPS) is 27.5. The van der Waals surface area contributed by atoms with Gasteiger partial charge >= 0.3 is 0 Å². The fraction of sp³-hybridized carbons (Fsp3) is 0.519. The third kappa shape index (κ3) is 3.77. The lowest BCUT2D eigenvalue weighted by atomic mass is 9.56. The van der Waals surface area contributed by atoms with E-state index in [1.54, 1.807) is 25.9 Å². The molecule has 0 unspecified atom stereocenters. The van der Waals surface area contributed by atoms with Crippen LogP contribution in [-0.4, -0.2) is 96.5 Å². The van der Waals surface area contributed by atoms with Gasteiger partial charge in [-0.3, -0.25) is 14.4 Å². The van der Waals surface area contributed by atoms with Crippen LogP contribution in [0.25, 0.3) is 5.76 Å². The van der Waals surface area contributed by atoms with Gasteiger partial charge in [0, 0.05) is 49.4 Å². The summed E-state index contributed by atoms with van der Waals surface area (Å²) in [6.07, 6.45) is 0.544. The molecule has 10 nitrogen and oxygen atoms in total. The SMILES string of the molecule is CC1=C(C(N)=O)C(=O)[C@@]2(O)C(=O)C3=C(O)c4c(O)c(CN(C)C)cc(N(C)C)c4C[C@H]3C[C@H]2[C@@H]1N(C)C. The maximum absolute atomic E-state index is 14.0. The number of carbonyl (C=O) groups is 3. The number of hydrogen-bond acceptors (Lipinski definition) is 9. The standard InChI is InChI=1S/C27H36N4O6/c1-12-18(26(28)36)24(34)27(37)16(21(12)31(6)7)9-13-8-15-17(30(4)5)10-14(11-29(2)3)22(32)20(15)23(33)19(13)25(27)35/h10,13,16,21,32-33,37H,8-9,11H2,1-7H3,(H2,28,36)/t13-,16-,21+,27+/m0/s1. The van der Waals surface area contributed by atoms with Gasteiger partial charge in [0.05, 0.1) is 11.1 Å². The van der Waals surface area contributed by atoms with Crippen LogP contribution in [0.2, 0.25) is 0 Å². The summed E-state index contributed by atoms with van der Waals surface area (Å²) >= 11 is 0. The highest BCUT2D eigenvalue weighted by Gasteiger charge is 2.64. The smallest absolute Gasteiger partial charge is 0.252 e. The summed E-state index contributed by atoms with van der Waals surface area (Å²) < 4.78 is 0. The molecule has 1 aromatic rings. The zero-order valence-corrected chi connectivity index (χ0v) is 22.4. The predicted molar refractivity (Wildman–Crippen MR) is 139 cm³/mol. The zero-order valence-electron chi connectivity index (χ0n) is 22.4. The number of benzene rings is 1. The highest BCUT2D eigenvalue weighted by atomic mass is 16.3. The number of likely N-dealkylation sites (N-methyl/N-ethyl adjacent to an activating group) is 1. The number of nitrogens with zero attached hydrogens (tertiary/aromatic N) is 3. The maximum Gasteiger partial charge on any atom is 0.252 e. The summed E-state index contributed by atoms with van der Waals surface area (Å²) in [5, 5.41) is 34.5. The van der Waals surface area contributed by atoms with E-state index < -0.39 is 46.7 Å². The first-order chi connectivity index (χ1) is 17.1. The van der Waals surface area contributed by atoms with Gasteiger partial charge in [-0.1, -0.05) is 0 Å². The summed E-state index contributed by atoms with van der Waals surface area (Å²) in [6, 6.07) is 1.29. The highest BCUT2D eigenvalue weighted by Crippen LogP contribution is 2.53. The fourth-order valence-electron chi connectivity index (χ4n) is 6.60. The number of hydrogen-bond donors (Lipinski definition) is 4. The van der Waals surface area contributed by atoms with Crippen molar-refractivity contribution in [1.29, 1.82) is 0 Å². The molecule has 0 saturated heterocycles. The number of Topliss-reactive ketones (excluding diaryl/α,β-unsaturated/α-hetero) is 2. The van der Waals surface area contributed by atoms with E-state index in [9.17, 15) is 29.7 Å². The topological polar surface area (TPSA) is 148 Å². The first-order valence-corrected chi connectivity index (χ1v) is 12.3. The van der Waals surface area contributed by atoms with Crippen LogP contribution in [0, 0.1) is 11.8 Å². The molecule has 5 N–H and O–H groups in total. The molecule has 1 amide bonds. The number of fused-ring (bicyclic) bond motifs is 3. The zero-order chi connectivity index (χ0) is 27.7. The Morgan fingerprint density at radius 2 is 1.73 bits per heavy atom. The molecule has 0 bridgehead atoms. The van der Waals surface area contributed by atoms with Gasteiger partial charge in [0.2, 0.25) is 11.6 Å². The van der Waals surface area contributed by atoms with Crippen molar-refractivity contribution in [3.05, 3.63) is 39.5 Å². The van der Waals surface area contributed by atoms with E-state index in [4.69, 9.17) is 5.73 Å². The number of rotatable bonds is 5. The molecule has 4 rings (SSSR count). The highest BCUT2D eigenvalue weighted by molar-refractivity contribution is 6.33. The van der Waals surface area contributed by atoms with Gasteiger partial charge in [0.15, 0.2) is 5.60 Å². The molecule has 0 aliphatic heterocycles. The third-order valence-corrected chi connectivity index (χ3v) is 8.04. The van der Waals surface area contributed by atoms with Gasteiger partial charge in [-0.05, 0) is 71.1 Å². The Bertz CT molecular complexity index is 1280. The number of aromatic hydroxyl groups is 1. The maximum atomic E-state index is 14.0. The first-order valence-electron chi connectivity index (χ1n) is 12.3. The van der Waals surface area contributed by atoms with E-state index in [1.165, 1.54) is 0 Å². The molecule has 0 spiro atoms. The average Bonchev–Trinajstić information content (AvgIpc) is 2.77. The summed E-state index contributed by atoms with van der Waals surface area (Å²) in [5.74, 6) is -4.91. The summed E-state index contributed by atoms with van der Waals surface area (Å²) in [6.45, 7) is 2.02. The molecular weight excluding hydrogens is 476 g/mol. The van der Waals surface area contributed by atoms with Crippen molar-refractivity contribution in [1.82, 2.24) is 9.80 Å². The molecule has 4 atom stereocenters. The van der Waals surface area contributed by atoms with Crippen LogP contribution in [0.3, 0.4) is 0 Å². The van der Waals surface area contributed by atoms with Crippen LogP contribution >= 0.6 is 0 Å². The second kappa shape index (κ2) is 8.97. The summed E-state index contributed by atoms with van der Waals surface area (Å²) in [7, 11) is 10.9. The molecule has 1 fully saturated rings. The van der Waals surface area contributed by atoms with E-state index in [0.29, 0.717) is 29.7 Å². The Kier molecular flexibility index (Phi) is 6.51. The van der Waals surface area contributed by atoms with Crippen LogP contribution in [0.1, 0.15) is 30.0 Å². The minimum Gasteiger partial charge on any atom is -0.507 e. The molecule has 10 heteroatoms. The Labute approximate surface area is 216 Å². The van der Waals surface area contributed by atoms with Crippen molar-refractivity contribution >= 4 is 28.9 Å². The molecule has 3 aliphatic carbocycles. The molecule has 1 aromatic carbocycles. The minimum absolute atomic E-state index is 0.0949. The van der Waals surface area contributed by atoms with Crippen molar-refractivity contribution in [2.24, 2.45) is 17.6 Å². The molecule has 0 radical (unpaired) electrons. The number of anilines is 1. The third-order valence-electron chi connectivity index (χ3n) is 8.04. The number of primary amides is 1. The second-order valence-corrected chi connectivity index (χ2v) is 11.2. The number of phenolic OH excluding ortho intramolecular Hbond substituents is 1. The lowest BCUT2D eigenvalue weighted by molar-refractivity contribution is -0.160. The van der Waals surface area contributed by atoms with Crippen molar-refractivity contribution in [3.63, 3.8) is 0 Å². The van der Waals surface area contributed by atoms with Crippen molar-refractivity contribution in [2.75, 3.05) is 47.2 Å². The quantitative estimate of drug-likeness (QED) is 0.329. The average molecular weight is 513 g/mol. The Morgan fingerprint density at radius 3 is 2.24 bits per heavy atom. The molecule has 3 aliphatic rings. The number of amides is 1. The fourth-order valence-corrected chi connectivity index (χ4v) is 6.60. The summed E-state index contributed by atoms with van der Waals surface area (Å²) in [5.41, 5.74) is 5.10. The van der Waals surface area contributed by atoms with E-state index in [2.05, 4.69) is 0 Å². The Balaban J connectivity index is 1.98. The van der Waals surface area contributed by atoms with Crippen LogP contribution in [0.15, 0.2) is 22.8 Å². The lowest BCUT2D eigenvalue weighted by Crippen LogP contribution is -2.66. The molecule has 200 valence electrons. The van der Waals surface area contributed by atoms with Gasteiger partial charge < -0.3 is 35.8 Å². The lowest BCUT2D eigenvalue weighted by Gasteiger charge is -2.51. The van der Waals surface area contributed by atoms with Crippen LogP contribution in [-0.2, 0) is 27.3 Å². The number of carbonyl (C=O) groups excluding carboxylic acids is 3. The molecule has 0 heterocycles. The first kappa shape index (κ1) is 26.8. The second-order valence-electron chi connectivity index (χ2n) is 11.2. The van der Waals surface area contributed by atoms with E-state index in [-0.39, 0.29) is 28.9 Å². The van der Waals surface area contributed by atoms with E-state index in [0.717, 1.165) is 5.69 Å². The van der Waals surface area contributed by atoms with E-state index >= 15 is 0 Å². The van der Waals surface area contributed by atoms with Gasteiger partial charge in [0.25, 0.3) is 5.91 Å². The monoisotopic (exact) mass is 512 g/mol. The van der Waals surface area contributed by atoms with Crippen LogP contribution < -0.4 is 10.6 Å². The van der Waals surface area contributed by atoms with Gasteiger partial charge in [-0.15, -0.1) is 0 Å². The van der Waals surface area contributed by atoms with Crippen LogP contribution in [0.5, 0.6) is 5.75 Å². The van der Waals surface area contributed by atoms with Crippen molar-refractivity contribution in [2.45, 2.75) is 38.0 Å². The van der Waals surface area contributed by atoms with Crippen molar-refractivity contribution < 1.29 is 29.7 Å². The number of aliphatic hydroxyl groups is 2. The number of phenols is 1. The number of ketones is 2. The molecule has 1 saturated carbocycles. The molecular formula is C27H36N4O6. The van der Waals surface area contributed by atoms with E-state index in [1.807, 2.05) is 44.1 Å². The van der Waals surface area contributed by atoms with Crippen LogP contribution in [0.4, 0.5) is 5.69 Å². The van der Waals surface area contributed by atoms with Crippen molar-refractivity contribution in [3.8, 4) is 5.75 Å². The number of aliphatic hydroxyl groups excluding tert-OH is 1. The minimum atomic E-state index is -2.56. The molecule has 37 heavy (non-hydrogen) atoms. The Hall–Kier alpha value is -3.21. The predicted octanol–water partition coefficient (Wildman–Crippen LogP) is 0.596. The van der Waals surface area contributed by atoms with Gasteiger partial charge in [-0.25, -0.2) is 0 Å². The largest absolute Gasteiger partial charge is 0.507 e.